The third-order valence-corrected chi connectivity index (χ3v) is 1.35. The van der Waals surface area contributed by atoms with Crippen LogP contribution in [-0.2, 0) is 0 Å². The normalized spacial score (nSPS) is 9.30. The first-order valence-corrected chi connectivity index (χ1v) is 3.10. The Morgan fingerprint density at radius 3 is 2.60 bits per heavy atom. The first-order chi connectivity index (χ1) is 4.88. The highest BCUT2D eigenvalue weighted by molar-refractivity contribution is 5.48. The van der Waals surface area contributed by atoms with E-state index in [0.717, 1.165) is 5.56 Å². The van der Waals surface area contributed by atoms with E-state index < -0.39 is 0 Å². The highest BCUT2D eigenvalue weighted by Gasteiger charge is 1.96. The summed E-state index contributed by atoms with van der Waals surface area (Å²) in [5.74, 6) is 0. The average molecular weight is 134 g/mol. The van der Waals surface area contributed by atoms with Gasteiger partial charge in [0.15, 0.2) is 0 Å². The fourth-order valence-electron chi connectivity index (χ4n) is 0.815. The van der Waals surface area contributed by atoms with Crippen molar-refractivity contribution in [3.8, 4) is 0 Å². The molecule has 0 aliphatic heterocycles. The molecule has 0 saturated heterocycles. The zero-order valence-electron chi connectivity index (χ0n) is 5.74. The topological polar surface area (TPSA) is 29.4 Å². The predicted octanol–water partition coefficient (Wildman–Crippen LogP) is 2.66. The predicted molar refractivity (Wildman–Crippen MR) is 41.0 cm³/mol. The lowest BCUT2D eigenvalue weighted by atomic mass is 10.1. The number of nitroso groups, excluding NO2 is 1. The molecule has 0 aromatic heterocycles. The van der Waals surface area contributed by atoms with Crippen LogP contribution in [0, 0.1) is 11.3 Å². The molecule has 0 N–H and O–H groups in total. The number of hydrogen-bond donors (Lipinski definition) is 0. The lowest BCUT2D eigenvalue weighted by Gasteiger charge is -1.95. The van der Waals surface area contributed by atoms with E-state index in [2.05, 4.69) is 5.18 Å². The summed E-state index contributed by atoms with van der Waals surface area (Å²) in [5.41, 5.74) is 1.39. The number of benzene rings is 1. The molecule has 0 unspecified atom stereocenters. The van der Waals surface area contributed by atoms with Crippen molar-refractivity contribution < 1.29 is 0 Å². The second kappa shape index (κ2) is 3.11. The van der Waals surface area contributed by atoms with Crippen molar-refractivity contribution in [1.82, 2.24) is 0 Å². The number of nitrogens with zero attached hydrogens (tertiary/aromatic N) is 1. The molecule has 0 aliphatic rings. The van der Waals surface area contributed by atoms with Crippen molar-refractivity contribution in [3.05, 3.63) is 41.2 Å². The van der Waals surface area contributed by atoms with Gasteiger partial charge in [-0.15, -0.1) is 4.91 Å². The minimum atomic E-state index is 0.505. The van der Waals surface area contributed by atoms with E-state index in [0.29, 0.717) is 5.69 Å². The molecular weight excluding hydrogens is 126 g/mol. The van der Waals surface area contributed by atoms with Crippen LogP contribution in [0.1, 0.15) is 12.5 Å². The average Bonchev–Trinajstić information content (AvgIpc) is 2.04. The summed E-state index contributed by atoms with van der Waals surface area (Å²) >= 11 is 0. The van der Waals surface area contributed by atoms with Crippen molar-refractivity contribution in [2.24, 2.45) is 5.18 Å². The molecule has 1 rings (SSSR count). The Hall–Kier alpha value is -1.18. The summed E-state index contributed by atoms with van der Waals surface area (Å²) < 4.78 is 0. The first kappa shape index (κ1) is 6.93. The molecule has 0 atom stereocenters. The molecule has 51 valence electrons. The molecular formula is C8H8NO. The Bertz CT molecular complexity index is 232. The summed E-state index contributed by atoms with van der Waals surface area (Å²) in [6, 6.07) is 7.23. The summed E-state index contributed by atoms with van der Waals surface area (Å²) in [4.78, 5) is 10.1. The van der Waals surface area contributed by atoms with Gasteiger partial charge in [-0.05, 0) is 23.2 Å². The van der Waals surface area contributed by atoms with Gasteiger partial charge in [0.1, 0.15) is 5.69 Å². The summed E-state index contributed by atoms with van der Waals surface area (Å²) in [5, 5.41) is 2.86. The molecule has 10 heavy (non-hydrogen) atoms. The minimum Gasteiger partial charge on any atom is -0.145 e. The lowest BCUT2D eigenvalue weighted by molar-refractivity contribution is 1.37. The SMILES string of the molecule is C[CH]c1ccccc1N=O. The molecule has 0 heterocycles. The third kappa shape index (κ3) is 1.21. The molecule has 0 amide bonds. The fourth-order valence-corrected chi connectivity index (χ4v) is 0.815. The van der Waals surface area contributed by atoms with E-state index in [1.807, 2.05) is 25.5 Å². The van der Waals surface area contributed by atoms with Gasteiger partial charge in [-0.1, -0.05) is 25.1 Å². The van der Waals surface area contributed by atoms with Crippen LogP contribution in [0.5, 0.6) is 0 Å². The zero-order chi connectivity index (χ0) is 7.40. The Labute approximate surface area is 59.9 Å². The van der Waals surface area contributed by atoms with Crippen molar-refractivity contribution in [2.45, 2.75) is 6.92 Å². The lowest BCUT2D eigenvalue weighted by Crippen LogP contribution is -1.75. The van der Waals surface area contributed by atoms with Gasteiger partial charge in [0, 0.05) is 0 Å². The van der Waals surface area contributed by atoms with E-state index in [-0.39, 0.29) is 0 Å². The molecule has 0 fully saturated rings. The summed E-state index contributed by atoms with van der Waals surface area (Å²) in [7, 11) is 0. The van der Waals surface area contributed by atoms with Gasteiger partial charge in [-0.2, -0.15) is 0 Å². The van der Waals surface area contributed by atoms with E-state index in [4.69, 9.17) is 0 Å². The minimum absolute atomic E-state index is 0.505. The van der Waals surface area contributed by atoms with Crippen molar-refractivity contribution in [3.63, 3.8) is 0 Å². The molecule has 0 spiro atoms. The highest BCUT2D eigenvalue weighted by atomic mass is 16.3. The van der Waals surface area contributed by atoms with Gasteiger partial charge in [0.05, 0.1) is 0 Å². The Balaban J connectivity index is 3.08. The Morgan fingerprint density at radius 2 is 2.10 bits per heavy atom. The molecule has 0 aliphatic carbocycles. The number of hydrogen-bond acceptors (Lipinski definition) is 2. The van der Waals surface area contributed by atoms with Crippen LogP contribution in [0.3, 0.4) is 0 Å². The summed E-state index contributed by atoms with van der Waals surface area (Å²) in [6.07, 6.45) is 1.86. The van der Waals surface area contributed by atoms with Crippen LogP contribution in [0.25, 0.3) is 0 Å². The van der Waals surface area contributed by atoms with Crippen LogP contribution in [0.15, 0.2) is 29.4 Å². The monoisotopic (exact) mass is 134 g/mol. The van der Waals surface area contributed by atoms with Crippen LogP contribution in [0.2, 0.25) is 0 Å². The van der Waals surface area contributed by atoms with Gasteiger partial charge < -0.3 is 0 Å². The van der Waals surface area contributed by atoms with E-state index >= 15 is 0 Å². The second-order valence-electron chi connectivity index (χ2n) is 1.94. The van der Waals surface area contributed by atoms with Crippen LogP contribution < -0.4 is 0 Å². The maximum Gasteiger partial charge on any atom is 0.111 e. The van der Waals surface area contributed by atoms with Crippen LogP contribution in [-0.4, -0.2) is 0 Å². The smallest absolute Gasteiger partial charge is 0.111 e. The van der Waals surface area contributed by atoms with Gasteiger partial charge in [-0.3, -0.25) is 0 Å². The Kier molecular flexibility index (Phi) is 2.15. The van der Waals surface area contributed by atoms with Crippen molar-refractivity contribution in [2.75, 3.05) is 0 Å². The Morgan fingerprint density at radius 1 is 1.40 bits per heavy atom. The molecule has 0 bridgehead atoms. The second-order valence-corrected chi connectivity index (χ2v) is 1.94. The van der Waals surface area contributed by atoms with Gasteiger partial charge in [-0.25, -0.2) is 0 Å². The first-order valence-electron chi connectivity index (χ1n) is 3.10. The zero-order valence-corrected chi connectivity index (χ0v) is 5.74. The molecule has 2 heteroatoms. The molecule has 0 saturated carbocycles. The van der Waals surface area contributed by atoms with Gasteiger partial charge >= 0.3 is 0 Å². The summed E-state index contributed by atoms with van der Waals surface area (Å²) in [6.45, 7) is 1.88. The fraction of sp³-hybridized carbons (Fsp3) is 0.125. The highest BCUT2D eigenvalue weighted by Crippen LogP contribution is 2.18. The molecule has 1 aromatic rings. The molecule has 1 aromatic carbocycles. The van der Waals surface area contributed by atoms with E-state index in [9.17, 15) is 4.91 Å². The van der Waals surface area contributed by atoms with Gasteiger partial charge in [0.2, 0.25) is 0 Å². The third-order valence-electron chi connectivity index (χ3n) is 1.35. The maximum absolute atomic E-state index is 10.1. The largest absolute Gasteiger partial charge is 0.145 e. The van der Waals surface area contributed by atoms with Crippen molar-refractivity contribution in [1.29, 1.82) is 0 Å². The quantitative estimate of drug-likeness (QED) is 0.572. The van der Waals surface area contributed by atoms with Gasteiger partial charge in [0.25, 0.3) is 0 Å². The maximum atomic E-state index is 10.1. The van der Waals surface area contributed by atoms with Crippen molar-refractivity contribution >= 4 is 5.69 Å². The van der Waals surface area contributed by atoms with E-state index in [1.54, 1.807) is 12.1 Å². The van der Waals surface area contributed by atoms with E-state index in [1.165, 1.54) is 0 Å². The standard InChI is InChI=1S/C8H8NO/c1-2-7-5-3-4-6-8(7)9-10/h2-6H,1H3. The number of rotatable bonds is 2. The van der Waals surface area contributed by atoms with Crippen LogP contribution in [0.4, 0.5) is 5.69 Å². The molecule has 1 radical (unpaired) electrons. The van der Waals surface area contributed by atoms with Crippen LogP contribution >= 0.6 is 0 Å². The molecule has 2 nitrogen and oxygen atoms in total.